The number of hydrogen-bond acceptors (Lipinski definition) is 6. The first kappa shape index (κ1) is 30.7. The number of ether oxygens (including phenoxy) is 1. The van der Waals surface area contributed by atoms with Crippen LogP contribution >= 0.6 is 27.7 Å². The summed E-state index contributed by atoms with van der Waals surface area (Å²) >= 11 is 4.85. The molecule has 3 aromatic rings. The SMILES string of the molecule is CSc1nc2c(F)c(Br)c(CCC#N)cc2c2c1cc([C@H]1CCCN1C(=O)C1(F)CC1)n2[C@H]1[C@@H]2C[C@H]1N(C(=O)OC(C)(C)C)C2. The van der Waals surface area contributed by atoms with Crippen LogP contribution in [0.1, 0.15) is 82.6 Å². The molecule has 5 fully saturated rings. The van der Waals surface area contributed by atoms with Gasteiger partial charge in [0.1, 0.15) is 16.1 Å². The van der Waals surface area contributed by atoms with Crippen molar-refractivity contribution in [3.05, 3.63) is 33.7 Å². The van der Waals surface area contributed by atoms with Gasteiger partial charge >= 0.3 is 6.09 Å². The van der Waals surface area contributed by atoms with Crippen LogP contribution < -0.4 is 0 Å². The summed E-state index contributed by atoms with van der Waals surface area (Å²) in [5.74, 6) is -0.794. The van der Waals surface area contributed by atoms with Crippen molar-refractivity contribution >= 4 is 61.5 Å². The number of halogens is 3. The van der Waals surface area contributed by atoms with E-state index in [0.29, 0.717) is 46.4 Å². The average molecular weight is 701 g/mol. The number of amides is 2. The van der Waals surface area contributed by atoms with Gasteiger partial charge in [-0.2, -0.15) is 5.26 Å². The van der Waals surface area contributed by atoms with Crippen molar-refractivity contribution in [1.82, 2.24) is 19.4 Å². The number of pyridine rings is 1. The molecule has 0 spiro atoms. The summed E-state index contributed by atoms with van der Waals surface area (Å²) in [6.45, 7) is 6.57. The second kappa shape index (κ2) is 10.8. The molecule has 2 amide bonds. The van der Waals surface area contributed by atoms with E-state index in [2.05, 4.69) is 32.6 Å². The highest BCUT2D eigenvalue weighted by Crippen LogP contribution is 2.55. The van der Waals surface area contributed by atoms with Crippen molar-refractivity contribution < 1.29 is 23.1 Å². The largest absolute Gasteiger partial charge is 0.444 e. The lowest BCUT2D eigenvalue weighted by Crippen LogP contribution is -2.45. The number of fused-ring (bicyclic) bond motifs is 4. The Morgan fingerprint density at radius 1 is 1.24 bits per heavy atom. The first-order valence-corrected chi connectivity index (χ1v) is 17.6. The predicted octanol–water partition coefficient (Wildman–Crippen LogP) is 7.62. The number of hydrogen-bond donors (Lipinski definition) is 0. The molecular weight excluding hydrogens is 664 g/mol. The number of likely N-dealkylation sites (tertiary alicyclic amines) is 1. The molecule has 3 aliphatic heterocycles. The molecule has 0 N–H and O–H groups in total. The first-order valence-electron chi connectivity index (χ1n) is 15.6. The van der Waals surface area contributed by atoms with Gasteiger partial charge in [0.05, 0.1) is 34.2 Å². The number of nitrogens with zero attached hydrogens (tertiary/aromatic N) is 5. The molecule has 238 valence electrons. The van der Waals surface area contributed by atoms with Gasteiger partial charge in [-0.25, -0.2) is 18.6 Å². The Hall–Kier alpha value is -2.91. The fraction of sp³-hybridized carbons (Fsp3) is 0.576. The summed E-state index contributed by atoms with van der Waals surface area (Å²) in [4.78, 5) is 35.1. The van der Waals surface area contributed by atoms with Crippen LogP contribution in [0.5, 0.6) is 0 Å². The number of thioether (sulfide) groups is 1. The third-order valence-electron chi connectivity index (χ3n) is 9.83. The Bertz CT molecular complexity index is 1800. The molecular formula is C33H36BrF2N5O3S. The highest BCUT2D eigenvalue weighted by atomic mass is 79.9. The van der Waals surface area contributed by atoms with Crippen LogP contribution in [0.25, 0.3) is 21.8 Å². The third kappa shape index (κ3) is 4.91. The van der Waals surface area contributed by atoms with Crippen molar-refractivity contribution in [1.29, 1.82) is 5.26 Å². The van der Waals surface area contributed by atoms with E-state index in [-0.39, 0.29) is 54.9 Å². The molecule has 2 aromatic heterocycles. The number of rotatable bonds is 6. The van der Waals surface area contributed by atoms with Gasteiger partial charge < -0.3 is 19.1 Å². The van der Waals surface area contributed by atoms with Gasteiger partial charge in [0, 0.05) is 41.9 Å². The number of carbonyl (C=O) groups is 2. The van der Waals surface area contributed by atoms with Crippen molar-refractivity contribution in [3.8, 4) is 6.07 Å². The summed E-state index contributed by atoms with van der Waals surface area (Å²) in [5.41, 5.74) is 0.148. The van der Waals surface area contributed by atoms with E-state index in [1.807, 2.05) is 38.0 Å². The van der Waals surface area contributed by atoms with Crippen LogP contribution in [0.4, 0.5) is 13.6 Å². The van der Waals surface area contributed by atoms with E-state index in [4.69, 9.17) is 9.72 Å². The lowest BCUT2D eigenvalue weighted by molar-refractivity contribution is -0.139. The van der Waals surface area contributed by atoms with Gasteiger partial charge in [0.15, 0.2) is 11.5 Å². The maximum absolute atomic E-state index is 16.1. The molecule has 4 atom stereocenters. The van der Waals surface area contributed by atoms with E-state index >= 15 is 8.78 Å². The first-order chi connectivity index (χ1) is 21.4. The minimum Gasteiger partial charge on any atom is -0.444 e. The van der Waals surface area contributed by atoms with Crippen LogP contribution in [-0.4, -0.2) is 68.0 Å². The van der Waals surface area contributed by atoms with E-state index in [1.165, 1.54) is 11.8 Å². The topological polar surface area (TPSA) is 91.5 Å². The summed E-state index contributed by atoms with van der Waals surface area (Å²) in [7, 11) is 0. The number of benzene rings is 1. The molecule has 2 bridgehead atoms. The summed E-state index contributed by atoms with van der Waals surface area (Å²) in [5, 5.41) is 11.4. The predicted molar refractivity (Wildman–Crippen MR) is 171 cm³/mol. The van der Waals surface area contributed by atoms with Gasteiger partial charge in [0.25, 0.3) is 5.91 Å². The fourth-order valence-electron chi connectivity index (χ4n) is 7.61. The third-order valence-corrected chi connectivity index (χ3v) is 11.4. The minimum absolute atomic E-state index is 0.127. The Kier molecular flexibility index (Phi) is 7.40. The second-order valence-corrected chi connectivity index (χ2v) is 15.4. The molecule has 5 aliphatic rings. The van der Waals surface area contributed by atoms with Gasteiger partial charge in [0.2, 0.25) is 0 Å². The van der Waals surface area contributed by atoms with Crippen molar-refractivity contribution in [2.45, 2.75) is 100 Å². The molecule has 3 saturated heterocycles. The zero-order chi connectivity index (χ0) is 32.0. The molecule has 45 heavy (non-hydrogen) atoms. The van der Waals surface area contributed by atoms with Gasteiger partial charge in [-0.15, -0.1) is 11.8 Å². The summed E-state index contributed by atoms with van der Waals surface area (Å²) < 4.78 is 39.6. The van der Waals surface area contributed by atoms with Crippen molar-refractivity contribution in [2.75, 3.05) is 19.3 Å². The maximum atomic E-state index is 16.1. The molecule has 2 saturated carbocycles. The number of nitriles is 1. The molecule has 8 rings (SSSR count). The molecule has 0 unspecified atom stereocenters. The van der Waals surface area contributed by atoms with Crippen LogP contribution in [0.15, 0.2) is 21.6 Å². The van der Waals surface area contributed by atoms with Gasteiger partial charge in [-0.3, -0.25) is 4.79 Å². The summed E-state index contributed by atoms with van der Waals surface area (Å²) in [6.07, 6.45) is 4.90. The van der Waals surface area contributed by atoms with E-state index < -0.39 is 23.0 Å². The number of carbonyl (C=O) groups excluding carboxylic acids is 2. The highest BCUT2D eigenvalue weighted by Gasteiger charge is 2.58. The Labute approximate surface area is 273 Å². The van der Waals surface area contributed by atoms with Gasteiger partial charge in [-0.05, 0) is 99.2 Å². The minimum atomic E-state index is -1.79. The normalized spacial score (nSPS) is 25.1. The van der Waals surface area contributed by atoms with E-state index in [9.17, 15) is 14.9 Å². The molecule has 1 aromatic carbocycles. The lowest BCUT2D eigenvalue weighted by Gasteiger charge is -2.40. The number of aryl methyl sites for hydroxylation is 1. The molecule has 8 nitrogen and oxygen atoms in total. The smallest absolute Gasteiger partial charge is 0.410 e. The average Bonchev–Trinajstić information content (AvgIpc) is 3.43. The number of aromatic nitrogens is 2. The molecule has 0 radical (unpaired) electrons. The van der Waals surface area contributed by atoms with Crippen LogP contribution in [0, 0.1) is 23.1 Å². The Balaban J connectivity index is 1.45. The van der Waals surface area contributed by atoms with E-state index in [0.717, 1.165) is 29.4 Å². The van der Waals surface area contributed by atoms with E-state index in [1.54, 1.807) is 4.90 Å². The van der Waals surface area contributed by atoms with Gasteiger partial charge in [-0.1, -0.05) is 0 Å². The van der Waals surface area contributed by atoms with Crippen LogP contribution in [0.2, 0.25) is 0 Å². The maximum Gasteiger partial charge on any atom is 0.410 e. The standard InChI is InChI=1S/C33H36BrF2N5O3S/c1-32(2,3)44-31(43)40-16-18-14-23(40)27(18)41-22(21-8-6-12-39(21)30(42)33(36)9-10-33)15-20-28(41)19-13-17(7-5-11-37)24(34)25(35)26(19)38-29(20)45-4/h13,15,18,21,23,27H,5-10,12,14,16H2,1-4H3/t18-,21-,23-,27+/m1/s1. The lowest BCUT2D eigenvalue weighted by atomic mass is 9.79. The molecule has 12 heteroatoms. The zero-order valence-corrected chi connectivity index (χ0v) is 28.2. The van der Waals surface area contributed by atoms with Crippen molar-refractivity contribution in [2.24, 2.45) is 5.92 Å². The monoisotopic (exact) mass is 699 g/mol. The van der Waals surface area contributed by atoms with Crippen LogP contribution in [-0.2, 0) is 16.0 Å². The number of alkyl halides is 1. The second-order valence-electron chi connectivity index (χ2n) is 13.8. The highest BCUT2D eigenvalue weighted by molar-refractivity contribution is 9.10. The Morgan fingerprint density at radius 3 is 2.67 bits per heavy atom. The summed E-state index contributed by atoms with van der Waals surface area (Å²) in [6, 6.07) is 5.52. The van der Waals surface area contributed by atoms with Crippen LogP contribution in [0.3, 0.4) is 0 Å². The molecule has 5 heterocycles. The quantitative estimate of drug-likeness (QED) is 0.246. The Morgan fingerprint density at radius 2 is 2.00 bits per heavy atom. The van der Waals surface area contributed by atoms with Crippen molar-refractivity contribution in [3.63, 3.8) is 0 Å². The molecule has 2 aliphatic carbocycles. The zero-order valence-electron chi connectivity index (χ0n) is 25.8. The fourth-order valence-corrected chi connectivity index (χ4v) is 8.67.